The zero-order valence-electron chi connectivity index (χ0n) is 11.6. The molecule has 7 heteroatoms. The van der Waals surface area contributed by atoms with Crippen LogP contribution in [-0.4, -0.2) is 28.8 Å². The van der Waals surface area contributed by atoms with Gasteiger partial charge in [0.1, 0.15) is 0 Å². The number of halogens is 2. The smallest absolute Gasteiger partial charge is 0.184 e. The van der Waals surface area contributed by atoms with Crippen LogP contribution < -0.4 is 11.2 Å². The van der Waals surface area contributed by atoms with E-state index in [9.17, 15) is 0 Å². The molecule has 1 fully saturated rings. The summed E-state index contributed by atoms with van der Waals surface area (Å²) >= 11 is 16.8. The van der Waals surface area contributed by atoms with Crippen molar-refractivity contribution in [2.75, 3.05) is 6.54 Å². The molecule has 0 amide bonds. The number of likely N-dealkylation sites (tertiary alicyclic amines) is 1. The summed E-state index contributed by atoms with van der Waals surface area (Å²) in [4.78, 5) is 2.37. The van der Waals surface area contributed by atoms with Gasteiger partial charge in [0.2, 0.25) is 0 Å². The van der Waals surface area contributed by atoms with Gasteiger partial charge in [-0.15, -0.1) is 0 Å². The Balaban J connectivity index is 2.02. The quantitative estimate of drug-likeness (QED) is 0.500. The summed E-state index contributed by atoms with van der Waals surface area (Å²) in [5.74, 6) is 0. The van der Waals surface area contributed by atoms with E-state index in [0.29, 0.717) is 10.0 Å². The maximum absolute atomic E-state index is 6.07. The van der Waals surface area contributed by atoms with Gasteiger partial charge in [0.25, 0.3) is 0 Å². The summed E-state index contributed by atoms with van der Waals surface area (Å²) in [7, 11) is 0. The molecule has 1 atom stereocenters. The Morgan fingerprint density at radius 1 is 1.43 bits per heavy atom. The minimum absolute atomic E-state index is 0.179. The number of thiocarbonyl (C=S) groups is 1. The van der Waals surface area contributed by atoms with Crippen LogP contribution in [0.25, 0.3) is 0 Å². The van der Waals surface area contributed by atoms with E-state index in [-0.39, 0.29) is 11.2 Å². The van der Waals surface area contributed by atoms with Crippen LogP contribution in [-0.2, 0) is 6.54 Å². The van der Waals surface area contributed by atoms with Gasteiger partial charge in [-0.1, -0.05) is 35.7 Å². The molecule has 1 heterocycles. The number of hydrogen-bond acceptors (Lipinski definition) is 3. The largest absolute Gasteiger partial charge is 0.375 e. The molecule has 0 radical (unpaired) electrons. The molecule has 0 aromatic heterocycles. The zero-order chi connectivity index (χ0) is 15.2. The monoisotopic (exact) mass is 344 g/mol. The van der Waals surface area contributed by atoms with E-state index < -0.39 is 0 Å². The van der Waals surface area contributed by atoms with E-state index in [1.807, 2.05) is 24.4 Å². The van der Waals surface area contributed by atoms with E-state index in [4.69, 9.17) is 41.2 Å². The van der Waals surface area contributed by atoms with Gasteiger partial charge in [-0.05, 0) is 49.3 Å². The van der Waals surface area contributed by atoms with E-state index in [2.05, 4.69) is 15.4 Å². The van der Waals surface area contributed by atoms with Crippen molar-refractivity contribution in [3.05, 3.63) is 33.8 Å². The van der Waals surface area contributed by atoms with Gasteiger partial charge in [-0.2, -0.15) is 5.10 Å². The molecule has 0 aliphatic carbocycles. The number of nitrogens with two attached hydrogens (primary N) is 1. The molecule has 0 saturated carbocycles. The van der Waals surface area contributed by atoms with Gasteiger partial charge in [0.15, 0.2) is 5.11 Å². The first-order valence-corrected chi connectivity index (χ1v) is 7.99. The number of nitrogens with zero attached hydrogens (tertiary/aromatic N) is 2. The van der Waals surface area contributed by atoms with Gasteiger partial charge in [-0.25, -0.2) is 0 Å². The fourth-order valence-electron chi connectivity index (χ4n) is 2.44. The molecule has 1 aromatic rings. The normalized spacial score (nSPS) is 19.8. The maximum Gasteiger partial charge on any atom is 0.184 e. The lowest BCUT2D eigenvalue weighted by molar-refractivity contribution is 0.186. The van der Waals surface area contributed by atoms with Gasteiger partial charge >= 0.3 is 0 Å². The second-order valence-corrected chi connectivity index (χ2v) is 6.29. The number of piperidine rings is 1. The molecule has 1 aliphatic heterocycles. The van der Waals surface area contributed by atoms with Crippen molar-refractivity contribution in [1.82, 2.24) is 10.3 Å². The molecular formula is C14H18Cl2N4S. The molecule has 0 spiro atoms. The number of nitrogens with one attached hydrogen (secondary N) is 1. The van der Waals surface area contributed by atoms with Crippen LogP contribution in [0.5, 0.6) is 0 Å². The van der Waals surface area contributed by atoms with Crippen molar-refractivity contribution in [2.24, 2.45) is 10.8 Å². The lowest BCUT2D eigenvalue weighted by atomic mass is 10.0. The first-order chi connectivity index (χ1) is 10.1. The van der Waals surface area contributed by atoms with E-state index >= 15 is 0 Å². The molecule has 1 aromatic carbocycles. The predicted octanol–water partition coefficient (Wildman–Crippen LogP) is 3.17. The fraction of sp³-hybridized carbons (Fsp3) is 0.429. The van der Waals surface area contributed by atoms with Crippen molar-refractivity contribution < 1.29 is 0 Å². The maximum atomic E-state index is 6.07. The predicted molar refractivity (Wildman–Crippen MR) is 92.9 cm³/mol. The fourth-order valence-corrected chi connectivity index (χ4v) is 2.81. The SMILES string of the molecule is NC(=S)N/N=C/C1CCCCN1Cc1ccc(Cl)c(Cl)c1. The topological polar surface area (TPSA) is 53.6 Å². The zero-order valence-corrected chi connectivity index (χ0v) is 13.9. The van der Waals surface area contributed by atoms with Crippen LogP contribution in [0.15, 0.2) is 23.3 Å². The molecule has 1 aliphatic rings. The van der Waals surface area contributed by atoms with E-state index in [1.165, 1.54) is 12.8 Å². The molecule has 4 nitrogen and oxygen atoms in total. The van der Waals surface area contributed by atoms with Gasteiger partial charge in [-0.3, -0.25) is 10.3 Å². The minimum Gasteiger partial charge on any atom is -0.375 e. The molecule has 3 N–H and O–H groups in total. The summed E-state index contributed by atoms with van der Waals surface area (Å²) in [6.07, 6.45) is 5.33. The van der Waals surface area contributed by atoms with Crippen LogP contribution in [0.3, 0.4) is 0 Å². The highest BCUT2D eigenvalue weighted by Gasteiger charge is 2.21. The Bertz CT molecular complexity index is 536. The second kappa shape index (κ2) is 7.94. The minimum atomic E-state index is 0.179. The average Bonchev–Trinajstić information content (AvgIpc) is 2.44. The highest BCUT2D eigenvalue weighted by atomic mass is 35.5. The summed E-state index contributed by atoms with van der Waals surface area (Å²) in [6.45, 7) is 1.85. The molecular weight excluding hydrogens is 327 g/mol. The Morgan fingerprint density at radius 2 is 2.24 bits per heavy atom. The van der Waals surface area contributed by atoms with E-state index in [0.717, 1.165) is 25.1 Å². The van der Waals surface area contributed by atoms with Crippen molar-refractivity contribution in [3.63, 3.8) is 0 Å². The Hall–Kier alpha value is -0.880. The summed E-state index contributed by atoms with van der Waals surface area (Å²) < 4.78 is 0. The number of hydrogen-bond donors (Lipinski definition) is 2. The van der Waals surface area contributed by atoms with Crippen LogP contribution in [0.2, 0.25) is 10.0 Å². The highest BCUT2D eigenvalue weighted by Crippen LogP contribution is 2.25. The third kappa shape index (κ3) is 5.11. The third-order valence-electron chi connectivity index (χ3n) is 3.46. The molecule has 1 saturated heterocycles. The lowest BCUT2D eigenvalue weighted by Crippen LogP contribution is -2.40. The van der Waals surface area contributed by atoms with Crippen molar-refractivity contribution in [1.29, 1.82) is 0 Å². The molecule has 114 valence electrons. The van der Waals surface area contributed by atoms with Crippen molar-refractivity contribution in [3.8, 4) is 0 Å². The van der Waals surface area contributed by atoms with Crippen LogP contribution in [0, 0.1) is 0 Å². The van der Waals surface area contributed by atoms with Crippen molar-refractivity contribution in [2.45, 2.75) is 31.8 Å². The third-order valence-corrected chi connectivity index (χ3v) is 4.29. The lowest BCUT2D eigenvalue weighted by Gasteiger charge is -2.33. The first kappa shape index (κ1) is 16.5. The summed E-state index contributed by atoms with van der Waals surface area (Å²) in [5, 5.41) is 5.44. The summed E-state index contributed by atoms with van der Waals surface area (Å²) in [6, 6.07) is 6.03. The number of benzene rings is 1. The Labute approximate surface area is 140 Å². The van der Waals surface area contributed by atoms with Gasteiger partial charge < -0.3 is 5.73 Å². The Morgan fingerprint density at radius 3 is 2.95 bits per heavy atom. The summed E-state index contributed by atoms with van der Waals surface area (Å²) in [5.41, 5.74) is 9.12. The van der Waals surface area contributed by atoms with Crippen LogP contribution in [0.1, 0.15) is 24.8 Å². The van der Waals surface area contributed by atoms with Crippen LogP contribution in [0.4, 0.5) is 0 Å². The molecule has 2 rings (SSSR count). The molecule has 21 heavy (non-hydrogen) atoms. The van der Waals surface area contributed by atoms with Gasteiger partial charge in [0.05, 0.1) is 10.0 Å². The number of hydrazone groups is 1. The van der Waals surface area contributed by atoms with Crippen molar-refractivity contribution >= 4 is 46.7 Å². The Kier molecular flexibility index (Phi) is 6.23. The molecule has 0 bridgehead atoms. The van der Waals surface area contributed by atoms with Gasteiger partial charge in [0, 0.05) is 18.8 Å². The number of rotatable bonds is 4. The average molecular weight is 345 g/mol. The van der Waals surface area contributed by atoms with Crippen LogP contribution >= 0.6 is 35.4 Å². The first-order valence-electron chi connectivity index (χ1n) is 6.83. The highest BCUT2D eigenvalue weighted by molar-refractivity contribution is 7.80. The molecule has 1 unspecified atom stereocenters. The standard InChI is InChI=1S/C14H18Cl2N4S/c15-12-5-4-10(7-13(12)16)9-20-6-2-1-3-11(20)8-18-19-14(17)21/h4-5,7-8,11H,1-3,6,9H2,(H3,17,19,21)/b18-8+. The van der Waals surface area contributed by atoms with E-state index in [1.54, 1.807) is 0 Å². The second-order valence-electron chi connectivity index (χ2n) is 5.04.